The van der Waals surface area contributed by atoms with Crippen LogP contribution in [0.15, 0.2) is 59.1 Å². The molecule has 19 heavy (non-hydrogen) atoms. The first-order chi connectivity index (χ1) is 9.20. The molecule has 0 atom stereocenters. The van der Waals surface area contributed by atoms with E-state index in [2.05, 4.69) is 15.9 Å². The van der Waals surface area contributed by atoms with Crippen molar-refractivity contribution in [3.8, 4) is 5.75 Å². The van der Waals surface area contributed by atoms with Crippen LogP contribution in [0.5, 0.6) is 5.75 Å². The third kappa shape index (κ3) is 3.55. The van der Waals surface area contributed by atoms with Gasteiger partial charge in [0.25, 0.3) is 0 Å². The van der Waals surface area contributed by atoms with Crippen molar-refractivity contribution < 1.29 is 9.53 Å². The van der Waals surface area contributed by atoms with Crippen LogP contribution in [-0.2, 0) is 0 Å². The van der Waals surface area contributed by atoms with E-state index in [9.17, 15) is 4.79 Å². The maximum Gasteiger partial charge on any atom is 0.186 e. The SMILES string of the molecule is COc1ccc(C=CC(=O)c2ccccc2Br)cc1. The van der Waals surface area contributed by atoms with E-state index < -0.39 is 0 Å². The average molecular weight is 317 g/mol. The fourth-order valence-corrected chi connectivity index (χ4v) is 2.12. The van der Waals surface area contributed by atoms with Gasteiger partial charge in [0.1, 0.15) is 5.75 Å². The van der Waals surface area contributed by atoms with Crippen LogP contribution in [0.2, 0.25) is 0 Å². The van der Waals surface area contributed by atoms with E-state index in [1.165, 1.54) is 0 Å². The molecule has 0 N–H and O–H groups in total. The number of hydrogen-bond acceptors (Lipinski definition) is 2. The first kappa shape index (κ1) is 13.6. The Labute approximate surface area is 120 Å². The van der Waals surface area contributed by atoms with Crippen LogP contribution in [0, 0.1) is 0 Å². The van der Waals surface area contributed by atoms with Gasteiger partial charge >= 0.3 is 0 Å². The number of carbonyl (C=O) groups is 1. The number of hydrogen-bond donors (Lipinski definition) is 0. The van der Waals surface area contributed by atoms with Crippen molar-refractivity contribution in [3.63, 3.8) is 0 Å². The summed E-state index contributed by atoms with van der Waals surface area (Å²) < 4.78 is 5.89. The van der Waals surface area contributed by atoms with E-state index in [1.54, 1.807) is 25.3 Å². The molecule has 0 saturated heterocycles. The topological polar surface area (TPSA) is 26.3 Å². The van der Waals surface area contributed by atoms with Crippen LogP contribution in [0.1, 0.15) is 15.9 Å². The molecule has 0 unspecified atom stereocenters. The Morgan fingerprint density at radius 1 is 1.11 bits per heavy atom. The molecule has 2 aromatic carbocycles. The van der Waals surface area contributed by atoms with E-state index in [4.69, 9.17) is 4.74 Å². The first-order valence-corrected chi connectivity index (χ1v) is 6.61. The highest BCUT2D eigenvalue weighted by molar-refractivity contribution is 9.10. The second-order valence-corrected chi connectivity index (χ2v) is 4.80. The molecule has 0 heterocycles. The summed E-state index contributed by atoms with van der Waals surface area (Å²) in [6, 6.07) is 14.9. The van der Waals surface area contributed by atoms with Crippen molar-refractivity contribution in [2.45, 2.75) is 0 Å². The number of methoxy groups -OCH3 is 1. The molecular weight excluding hydrogens is 304 g/mol. The summed E-state index contributed by atoms with van der Waals surface area (Å²) in [5, 5.41) is 0. The molecule has 0 aromatic heterocycles. The van der Waals surface area contributed by atoms with Crippen molar-refractivity contribution in [2.24, 2.45) is 0 Å². The van der Waals surface area contributed by atoms with Gasteiger partial charge in [-0.05, 0) is 35.9 Å². The second-order valence-electron chi connectivity index (χ2n) is 3.95. The van der Waals surface area contributed by atoms with Gasteiger partial charge in [-0.1, -0.05) is 46.3 Å². The summed E-state index contributed by atoms with van der Waals surface area (Å²) in [5.74, 6) is 0.776. The fourth-order valence-electron chi connectivity index (χ4n) is 1.64. The number of ketones is 1. The normalized spacial score (nSPS) is 10.6. The molecule has 2 rings (SSSR count). The number of allylic oxidation sites excluding steroid dienone is 1. The molecule has 96 valence electrons. The Kier molecular flexibility index (Phi) is 4.53. The predicted octanol–water partition coefficient (Wildman–Crippen LogP) is 4.35. The molecule has 0 aliphatic carbocycles. The number of carbonyl (C=O) groups excluding carboxylic acids is 1. The van der Waals surface area contributed by atoms with Gasteiger partial charge in [-0.25, -0.2) is 0 Å². The van der Waals surface area contributed by atoms with Gasteiger partial charge in [-0.2, -0.15) is 0 Å². The molecule has 0 radical (unpaired) electrons. The van der Waals surface area contributed by atoms with Crippen LogP contribution in [0.3, 0.4) is 0 Å². The molecule has 0 aliphatic heterocycles. The Balaban J connectivity index is 2.14. The summed E-state index contributed by atoms with van der Waals surface area (Å²) in [7, 11) is 1.63. The number of ether oxygens (including phenoxy) is 1. The average Bonchev–Trinajstić information content (AvgIpc) is 2.46. The predicted molar refractivity (Wildman–Crippen MR) is 80.5 cm³/mol. The number of halogens is 1. The lowest BCUT2D eigenvalue weighted by Crippen LogP contribution is -1.94. The zero-order valence-electron chi connectivity index (χ0n) is 10.5. The minimum Gasteiger partial charge on any atom is -0.497 e. The van der Waals surface area contributed by atoms with E-state index in [0.717, 1.165) is 15.8 Å². The summed E-state index contributed by atoms with van der Waals surface area (Å²) in [4.78, 5) is 12.0. The van der Waals surface area contributed by atoms with E-state index in [0.29, 0.717) is 5.56 Å². The largest absolute Gasteiger partial charge is 0.497 e. The molecule has 2 aromatic rings. The number of benzene rings is 2. The van der Waals surface area contributed by atoms with Gasteiger partial charge in [-0.3, -0.25) is 4.79 Å². The molecule has 3 heteroatoms. The van der Waals surface area contributed by atoms with Crippen LogP contribution < -0.4 is 4.74 Å². The quantitative estimate of drug-likeness (QED) is 0.619. The lowest BCUT2D eigenvalue weighted by Gasteiger charge is -2.00. The van der Waals surface area contributed by atoms with Crippen molar-refractivity contribution in [1.82, 2.24) is 0 Å². The highest BCUT2D eigenvalue weighted by Crippen LogP contribution is 2.18. The molecule has 0 fully saturated rings. The second kappa shape index (κ2) is 6.34. The smallest absolute Gasteiger partial charge is 0.186 e. The van der Waals surface area contributed by atoms with Crippen LogP contribution in [0.25, 0.3) is 6.08 Å². The van der Waals surface area contributed by atoms with Gasteiger partial charge in [0, 0.05) is 10.0 Å². The maximum absolute atomic E-state index is 12.0. The first-order valence-electron chi connectivity index (χ1n) is 5.81. The van der Waals surface area contributed by atoms with Crippen LogP contribution in [-0.4, -0.2) is 12.9 Å². The summed E-state index contributed by atoms with van der Waals surface area (Å²) in [6.07, 6.45) is 3.36. The molecule has 0 spiro atoms. The van der Waals surface area contributed by atoms with Gasteiger partial charge in [0.05, 0.1) is 7.11 Å². The third-order valence-corrected chi connectivity index (χ3v) is 3.37. The lowest BCUT2D eigenvalue weighted by molar-refractivity contribution is 0.104. The van der Waals surface area contributed by atoms with Crippen molar-refractivity contribution >= 4 is 27.8 Å². The molecule has 0 saturated carbocycles. The maximum atomic E-state index is 12.0. The van der Waals surface area contributed by atoms with Gasteiger partial charge < -0.3 is 4.74 Å². The van der Waals surface area contributed by atoms with E-state index in [-0.39, 0.29) is 5.78 Å². The molecule has 0 bridgehead atoms. The van der Waals surface area contributed by atoms with Gasteiger partial charge in [-0.15, -0.1) is 0 Å². The van der Waals surface area contributed by atoms with Crippen LogP contribution >= 0.6 is 15.9 Å². The van der Waals surface area contributed by atoms with Crippen molar-refractivity contribution in [1.29, 1.82) is 0 Å². The highest BCUT2D eigenvalue weighted by atomic mass is 79.9. The Morgan fingerprint density at radius 2 is 1.79 bits per heavy atom. The Bertz CT molecular complexity index is 600. The van der Waals surface area contributed by atoms with Crippen LogP contribution in [0.4, 0.5) is 0 Å². The zero-order valence-corrected chi connectivity index (χ0v) is 12.1. The zero-order chi connectivity index (χ0) is 13.7. The van der Waals surface area contributed by atoms with Crippen molar-refractivity contribution in [2.75, 3.05) is 7.11 Å². The molecule has 2 nitrogen and oxygen atoms in total. The van der Waals surface area contributed by atoms with Gasteiger partial charge in [0.2, 0.25) is 0 Å². The lowest BCUT2D eigenvalue weighted by atomic mass is 10.1. The fraction of sp³-hybridized carbons (Fsp3) is 0.0625. The minimum atomic E-state index is -0.0247. The summed E-state index contributed by atoms with van der Waals surface area (Å²) in [6.45, 7) is 0. The Hall–Kier alpha value is -1.87. The highest BCUT2D eigenvalue weighted by Gasteiger charge is 2.05. The monoisotopic (exact) mass is 316 g/mol. The van der Waals surface area contributed by atoms with E-state index >= 15 is 0 Å². The summed E-state index contributed by atoms with van der Waals surface area (Å²) >= 11 is 3.37. The minimum absolute atomic E-state index is 0.0247. The molecule has 0 aliphatic rings. The third-order valence-electron chi connectivity index (χ3n) is 2.68. The standard InChI is InChI=1S/C16H13BrO2/c1-19-13-9-6-12(7-10-13)8-11-16(18)14-4-2-3-5-15(14)17/h2-11H,1H3. The number of rotatable bonds is 4. The van der Waals surface area contributed by atoms with E-state index in [1.807, 2.05) is 42.5 Å². The molecule has 0 amide bonds. The Morgan fingerprint density at radius 3 is 2.42 bits per heavy atom. The van der Waals surface area contributed by atoms with Crippen molar-refractivity contribution in [3.05, 3.63) is 70.2 Å². The molecular formula is C16H13BrO2. The van der Waals surface area contributed by atoms with Gasteiger partial charge in [0.15, 0.2) is 5.78 Å². The summed E-state index contributed by atoms with van der Waals surface area (Å²) in [5.41, 5.74) is 1.62.